The SMILES string of the molecule is CC(CCO)CNC(=O)NCCCC1CCCCC1. The fourth-order valence-electron chi connectivity index (χ4n) is 2.72. The molecule has 2 amide bonds. The number of hydrogen-bond acceptors (Lipinski definition) is 2. The highest BCUT2D eigenvalue weighted by atomic mass is 16.3. The van der Waals surface area contributed by atoms with Gasteiger partial charge in [-0.3, -0.25) is 0 Å². The van der Waals surface area contributed by atoms with Crippen LogP contribution in [0.3, 0.4) is 0 Å². The fraction of sp³-hybridized carbons (Fsp3) is 0.933. The first-order valence-corrected chi connectivity index (χ1v) is 7.85. The second kappa shape index (κ2) is 10.1. The third kappa shape index (κ3) is 8.09. The maximum atomic E-state index is 11.5. The maximum Gasteiger partial charge on any atom is 0.314 e. The summed E-state index contributed by atoms with van der Waals surface area (Å²) in [5.74, 6) is 1.22. The normalized spacial score (nSPS) is 18.0. The Labute approximate surface area is 117 Å². The molecule has 1 rings (SSSR count). The molecule has 1 aliphatic carbocycles. The Bertz CT molecular complexity index is 240. The van der Waals surface area contributed by atoms with E-state index in [-0.39, 0.29) is 12.6 Å². The van der Waals surface area contributed by atoms with Gasteiger partial charge in [-0.05, 0) is 31.1 Å². The number of rotatable bonds is 8. The van der Waals surface area contributed by atoms with E-state index in [1.54, 1.807) is 0 Å². The van der Waals surface area contributed by atoms with E-state index in [2.05, 4.69) is 10.6 Å². The zero-order valence-electron chi connectivity index (χ0n) is 12.3. The van der Waals surface area contributed by atoms with Gasteiger partial charge in [-0.2, -0.15) is 0 Å². The molecule has 0 saturated heterocycles. The highest BCUT2D eigenvalue weighted by Gasteiger charge is 2.12. The van der Waals surface area contributed by atoms with Crippen molar-refractivity contribution in [3.05, 3.63) is 0 Å². The highest BCUT2D eigenvalue weighted by Crippen LogP contribution is 2.26. The molecule has 1 aliphatic rings. The van der Waals surface area contributed by atoms with Crippen molar-refractivity contribution in [1.82, 2.24) is 10.6 Å². The van der Waals surface area contributed by atoms with Gasteiger partial charge in [0.25, 0.3) is 0 Å². The van der Waals surface area contributed by atoms with Crippen LogP contribution in [0.2, 0.25) is 0 Å². The molecule has 0 aromatic rings. The van der Waals surface area contributed by atoms with Crippen LogP contribution in [0.5, 0.6) is 0 Å². The van der Waals surface area contributed by atoms with E-state index in [0.29, 0.717) is 12.5 Å². The number of amides is 2. The largest absolute Gasteiger partial charge is 0.396 e. The molecule has 0 bridgehead atoms. The van der Waals surface area contributed by atoms with Gasteiger partial charge in [0.05, 0.1) is 0 Å². The molecule has 19 heavy (non-hydrogen) atoms. The number of aliphatic hydroxyl groups is 1. The molecule has 1 saturated carbocycles. The number of carbonyl (C=O) groups is 1. The van der Waals surface area contributed by atoms with Gasteiger partial charge >= 0.3 is 6.03 Å². The number of aliphatic hydroxyl groups excluding tert-OH is 1. The van der Waals surface area contributed by atoms with E-state index in [1.807, 2.05) is 6.92 Å². The van der Waals surface area contributed by atoms with Crippen molar-refractivity contribution in [1.29, 1.82) is 0 Å². The highest BCUT2D eigenvalue weighted by molar-refractivity contribution is 5.73. The predicted molar refractivity (Wildman–Crippen MR) is 78.1 cm³/mol. The summed E-state index contributed by atoms with van der Waals surface area (Å²) >= 11 is 0. The van der Waals surface area contributed by atoms with Crippen LogP contribution in [0.4, 0.5) is 4.79 Å². The Hall–Kier alpha value is -0.770. The quantitative estimate of drug-likeness (QED) is 0.594. The third-order valence-electron chi connectivity index (χ3n) is 4.03. The Balaban J connectivity index is 1.94. The van der Waals surface area contributed by atoms with Gasteiger partial charge in [0.1, 0.15) is 0 Å². The molecule has 0 radical (unpaired) electrons. The van der Waals surface area contributed by atoms with Crippen molar-refractivity contribution in [3.63, 3.8) is 0 Å². The Morgan fingerprint density at radius 1 is 1.26 bits per heavy atom. The fourth-order valence-corrected chi connectivity index (χ4v) is 2.72. The van der Waals surface area contributed by atoms with Crippen LogP contribution in [0.15, 0.2) is 0 Å². The van der Waals surface area contributed by atoms with Crippen molar-refractivity contribution in [2.75, 3.05) is 19.7 Å². The first kappa shape index (κ1) is 16.3. The Morgan fingerprint density at radius 2 is 2.00 bits per heavy atom. The van der Waals surface area contributed by atoms with Gasteiger partial charge in [0.15, 0.2) is 0 Å². The lowest BCUT2D eigenvalue weighted by Gasteiger charge is -2.21. The van der Waals surface area contributed by atoms with Gasteiger partial charge in [-0.25, -0.2) is 4.79 Å². The van der Waals surface area contributed by atoms with Crippen LogP contribution in [0, 0.1) is 11.8 Å². The van der Waals surface area contributed by atoms with E-state index in [4.69, 9.17) is 5.11 Å². The molecule has 0 heterocycles. The van der Waals surface area contributed by atoms with Crippen molar-refractivity contribution >= 4 is 6.03 Å². The van der Waals surface area contributed by atoms with Gasteiger partial charge in [-0.1, -0.05) is 39.0 Å². The van der Waals surface area contributed by atoms with Crippen LogP contribution in [0.1, 0.15) is 58.3 Å². The summed E-state index contributed by atoms with van der Waals surface area (Å²) in [4.78, 5) is 11.5. The standard InChI is InChI=1S/C15H30N2O2/c1-13(9-11-18)12-17-15(19)16-10-5-8-14-6-3-2-4-7-14/h13-14,18H,2-12H2,1H3,(H2,16,17,19). The molecule has 0 aromatic heterocycles. The molecule has 112 valence electrons. The minimum atomic E-state index is -0.0755. The molecular weight excluding hydrogens is 240 g/mol. The van der Waals surface area contributed by atoms with Gasteiger partial charge in [-0.15, -0.1) is 0 Å². The second-order valence-corrected chi connectivity index (χ2v) is 5.90. The van der Waals surface area contributed by atoms with E-state index >= 15 is 0 Å². The summed E-state index contributed by atoms with van der Waals surface area (Å²) in [5.41, 5.74) is 0. The van der Waals surface area contributed by atoms with E-state index in [0.717, 1.165) is 25.3 Å². The molecule has 0 aromatic carbocycles. The summed E-state index contributed by atoms with van der Waals surface area (Å²) in [6.07, 6.45) is 10.0. The van der Waals surface area contributed by atoms with Crippen molar-refractivity contribution in [2.45, 2.75) is 58.3 Å². The van der Waals surface area contributed by atoms with Gasteiger partial charge in [0, 0.05) is 19.7 Å². The average Bonchev–Trinajstić information content (AvgIpc) is 2.43. The predicted octanol–water partition coefficient (Wildman–Crippen LogP) is 2.66. The molecule has 1 fully saturated rings. The molecule has 4 heteroatoms. The summed E-state index contributed by atoms with van der Waals surface area (Å²) in [5, 5.41) is 14.5. The Kier molecular flexibility index (Phi) is 8.63. The lowest BCUT2D eigenvalue weighted by Crippen LogP contribution is -2.38. The van der Waals surface area contributed by atoms with E-state index in [9.17, 15) is 4.79 Å². The molecule has 1 atom stereocenters. The van der Waals surface area contributed by atoms with Crippen LogP contribution in [-0.4, -0.2) is 30.8 Å². The summed E-state index contributed by atoms with van der Waals surface area (Å²) in [6, 6.07) is -0.0755. The molecule has 3 N–H and O–H groups in total. The minimum Gasteiger partial charge on any atom is -0.396 e. The molecule has 1 unspecified atom stereocenters. The van der Waals surface area contributed by atoms with Crippen LogP contribution in [-0.2, 0) is 0 Å². The summed E-state index contributed by atoms with van der Waals surface area (Å²) in [7, 11) is 0. The summed E-state index contributed by atoms with van der Waals surface area (Å²) in [6.45, 7) is 3.62. The zero-order chi connectivity index (χ0) is 13.9. The third-order valence-corrected chi connectivity index (χ3v) is 4.03. The van der Waals surface area contributed by atoms with Gasteiger partial charge in [0.2, 0.25) is 0 Å². The van der Waals surface area contributed by atoms with Crippen LogP contribution < -0.4 is 10.6 Å². The molecular formula is C15H30N2O2. The number of carbonyl (C=O) groups excluding carboxylic acids is 1. The van der Waals surface area contributed by atoms with Gasteiger partial charge < -0.3 is 15.7 Å². The minimum absolute atomic E-state index is 0.0755. The number of nitrogens with one attached hydrogen (secondary N) is 2. The van der Waals surface area contributed by atoms with E-state index < -0.39 is 0 Å². The lowest BCUT2D eigenvalue weighted by atomic mass is 9.86. The Morgan fingerprint density at radius 3 is 2.68 bits per heavy atom. The average molecular weight is 270 g/mol. The van der Waals surface area contributed by atoms with Crippen LogP contribution >= 0.6 is 0 Å². The maximum absolute atomic E-state index is 11.5. The zero-order valence-corrected chi connectivity index (χ0v) is 12.3. The smallest absolute Gasteiger partial charge is 0.314 e. The molecule has 4 nitrogen and oxygen atoms in total. The van der Waals surface area contributed by atoms with Crippen molar-refractivity contribution in [2.24, 2.45) is 11.8 Å². The second-order valence-electron chi connectivity index (χ2n) is 5.90. The first-order chi connectivity index (χ1) is 9.22. The monoisotopic (exact) mass is 270 g/mol. The summed E-state index contributed by atoms with van der Waals surface area (Å²) < 4.78 is 0. The first-order valence-electron chi connectivity index (χ1n) is 7.85. The number of hydrogen-bond donors (Lipinski definition) is 3. The van der Waals surface area contributed by atoms with Crippen LogP contribution in [0.25, 0.3) is 0 Å². The topological polar surface area (TPSA) is 61.4 Å². The van der Waals surface area contributed by atoms with Crippen molar-refractivity contribution in [3.8, 4) is 0 Å². The van der Waals surface area contributed by atoms with Crippen molar-refractivity contribution < 1.29 is 9.90 Å². The lowest BCUT2D eigenvalue weighted by molar-refractivity contribution is 0.233. The molecule has 0 spiro atoms. The molecule has 0 aliphatic heterocycles. The number of urea groups is 1. The van der Waals surface area contributed by atoms with E-state index in [1.165, 1.54) is 38.5 Å².